The number of hydrogen-bond acceptors (Lipinski definition) is 1. The van der Waals surface area contributed by atoms with Crippen molar-refractivity contribution in [3.05, 3.63) is 29.6 Å². The zero-order valence-electron chi connectivity index (χ0n) is 8.89. The standard InChI is InChI=1S/C11H18N2/c1-5-9(2)11-7-6-10(12-11)8-13(3)4/h5-7,12H,8H2,1-4H3. The number of nitrogens with one attached hydrogen (secondary N) is 1. The van der Waals surface area contributed by atoms with Gasteiger partial charge in [0.15, 0.2) is 0 Å². The molecule has 0 atom stereocenters. The molecule has 0 spiro atoms. The Morgan fingerprint density at radius 2 is 2.15 bits per heavy atom. The van der Waals surface area contributed by atoms with Crippen LogP contribution in [0.2, 0.25) is 0 Å². The van der Waals surface area contributed by atoms with Crippen molar-refractivity contribution in [1.29, 1.82) is 0 Å². The highest BCUT2D eigenvalue weighted by atomic mass is 15.1. The van der Waals surface area contributed by atoms with Crippen molar-refractivity contribution in [2.24, 2.45) is 0 Å². The quantitative estimate of drug-likeness (QED) is 0.753. The molecule has 0 unspecified atom stereocenters. The van der Waals surface area contributed by atoms with Crippen molar-refractivity contribution in [2.75, 3.05) is 14.1 Å². The van der Waals surface area contributed by atoms with Crippen LogP contribution in [-0.2, 0) is 6.54 Å². The second-order valence-corrected chi connectivity index (χ2v) is 3.61. The van der Waals surface area contributed by atoms with Crippen LogP contribution in [-0.4, -0.2) is 24.0 Å². The summed E-state index contributed by atoms with van der Waals surface area (Å²) in [4.78, 5) is 5.54. The molecule has 0 amide bonds. The number of allylic oxidation sites excluding steroid dienone is 2. The van der Waals surface area contributed by atoms with Crippen molar-refractivity contribution in [2.45, 2.75) is 20.4 Å². The molecule has 0 fully saturated rings. The maximum absolute atomic E-state index is 3.39. The molecule has 0 saturated carbocycles. The molecule has 0 radical (unpaired) electrons. The summed E-state index contributed by atoms with van der Waals surface area (Å²) in [5, 5.41) is 0. The lowest BCUT2D eigenvalue weighted by molar-refractivity contribution is 0.397. The Morgan fingerprint density at radius 1 is 1.46 bits per heavy atom. The van der Waals surface area contributed by atoms with Crippen LogP contribution in [0.15, 0.2) is 18.2 Å². The Kier molecular flexibility index (Phi) is 3.32. The van der Waals surface area contributed by atoms with E-state index in [2.05, 4.69) is 56.0 Å². The smallest absolute Gasteiger partial charge is 0.0409 e. The summed E-state index contributed by atoms with van der Waals surface area (Å²) >= 11 is 0. The molecule has 1 heterocycles. The average Bonchev–Trinajstić information content (AvgIpc) is 2.50. The van der Waals surface area contributed by atoms with Gasteiger partial charge in [0, 0.05) is 17.9 Å². The topological polar surface area (TPSA) is 19.0 Å². The Labute approximate surface area is 80.3 Å². The van der Waals surface area contributed by atoms with Crippen LogP contribution >= 0.6 is 0 Å². The molecule has 0 aromatic carbocycles. The predicted octanol–water partition coefficient (Wildman–Crippen LogP) is 2.50. The number of hydrogen-bond donors (Lipinski definition) is 1. The summed E-state index contributed by atoms with van der Waals surface area (Å²) in [5.74, 6) is 0. The number of nitrogens with zero attached hydrogens (tertiary/aromatic N) is 1. The fourth-order valence-electron chi connectivity index (χ4n) is 1.26. The normalized spacial score (nSPS) is 12.5. The molecule has 1 N–H and O–H groups in total. The molecule has 0 bridgehead atoms. The Hall–Kier alpha value is -1.02. The fourth-order valence-corrected chi connectivity index (χ4v) is 1.26. The molecule has 0 aliphatic rings. The van der Waals surface area contributed by atoms with E-state index in [0.717, 1.165) is 6.54 Å². The molecule has 0 aliphatic carbocycles. The van der Waals surface area contributed by atoms with Gasteiger partial charge in [0.25, 0.3) is 0 Å². The first-order valence-corrected chi connectivity index (χ1v) is 4.59. The zero-order valence-corrected chi connectivity index (χ0v) is 8.89. The van der Waals surface area contributed by atoms with Gasteiger partial charge in [-0.05, 0) is 45.6 Å². The molecule has 1 aromatic rings. The van der Waals surface area contributed by atoms with E-state index in [9.17, 15) is 0 Å². The van der Waals surface area contributed by atoms with Crippen LogP contribution in [0, 0.1) is 0 Å². The van der Waals surface area contributed by atoms with Gasteiger partial charge in [0.1, 0.15) is 0 Å². The summed E-state index contributed by atoms with van der Waals surface area (Å²) in [7, 11) is 4.14. The van der Waals surface area contributed by atoms with Gasteiger partial charge in [-0.3, -0.25) is 0 Å². The lowest BCUT2D eigenvalue weighted by Gasteiger charge is -2.06. The second kappa shape index (κ2) is 4.28. The Bertz CT molecular complexity index is 295. The SMILES string of the molecule is CC=C(C)c1ccc(CN(C)C)[nH]1. The summed E-state index contributed by atoms with van der Waals surface area (Å²) in [6.07, 6.45) is 2.12. The van der Waals surface area contributed by atoms with Crippen molar-refractivity contribution >= 4 is 5.57 Å². The first-order chi connectivity index (χ1) is 6.13. The minimum absolute atomic E-state index is 0.969. The summed E-state index contributed by atoms with van der Waals surface area (Å²) in [6.45, 7) is 5.14. The third-order valence-electron chi connectivity index (χ3n) is 2.09. The maximum Gasteiger partial charge on any atom is 0.0409 e. The highest BCUT2D eigenvalue weighted by molar-refractivity contribution is 5.60. The lowest BCUT2D eigenvalue weighted by atomic mass is 10.2. The van der Waals surface area contributed by atoms with Gasteiger partial charge in [-0.15, -0.1) is 0 Å². The minimum atomic E-state index is 0.969. The van der Waals surface area contributed by atoms with E-state index >= 15 is 0 Å². The van der Waals surface area contributed by atoms with Crippen LogP contribution in [0.1, 0.15) is 25.2 Å². The molecule has 72 valence electrons. The van der Waals surface area contributed by atoms with Crippen LogP contribution in [0.5, 0.6) is 0 Å². The predicted molar refractivity (Wildman–Crippen MR) is 57.5 cm³/mol. The number of aromatic nitrogens is 1. The van der Waals surface area contributed by atoms with Gasteiger partial charge < -0.3 is 9.88 Å². The van der Waals surface area contributed by atoms with Crippen molar-refractivity contribution < 1.29 is 0 Å². The first-order valence-electron chi connectivity index (χ1n) is 4.59. The van der Waals surface area contributed by atoms with Gasteiger partial charge in [0.05, 0.1) is 0 Å². The van der Waals surface area contributed by atoms with E-state index in [1.54, 1.807) is 0 Å². The lowest BCUT2D eigenvalue weighted by Crippen LogP contribution is -2.10. The molecular weight excluding hydrogens is 160 g/mol. The highest BCUT2D eigenvalue weighted by Gasteiger charge is 2.00. The Balaban J connectivity index is 2.75. The molecular formula is C11H18N2. The van der Waals surface area contributed by atoms with E-state index in [1.807, 2.05) is 0 Å². The molecule has 13 heavy (non-hydrogen) atoms. The Morgan fingerprint density at radius 3 is 2.69 bits per heavy atom. The monoisotopic (exact) mass is 178 g/mol. The molecule has 0 aliphatic heterocycles. The summed E-state index contributed by atoms with van der Waals surface area (Å²) < 4.78 is 0. The van der Waals surface area contributed by atoms with Crippen molar-refractivity contribution in [3.63, 3.8) is 0 Å². The molecule has 0 saturated heterocycles. The van der Waals surface area contributed by atoms with Gasteiger partial charge in [0.2, 0.25) is 0 Å². The third-order valence-corrected chi connectivity index (χ3v) is 2.09. The maximum atomic E-state index is 3.39. The van der Waals surface area contributed by atoms with Gasteiger partial charge >= 0.3 is 0 Å². The minimum Gasteiger partial charge on any atom is -0.358 e. The first kappa shape index (κ1) is 10.1. The van der Waals surface area contributed by atoms with Crippen molar-refractivity contribution in [1.82, 2.24) is 9.88 Å². The van der Waals surface area contributed by atoms with Crippen molar-refractivity contribution in [3.8, 4) is 0 Å². The number of H-pyrrole nitrogens is 1. The summed E-state index contributed by atoms with van der Waals surface area (Å²) in [5.41, 5.74) is 3.78. The molecule has 2 nitrogen and oxygen atoms in total. The number of aromatic amines is 1. The van der Waals surface area contributed by atoms with E-state index in [1.165, 1.54) is 17.0 Å². The zero-order chi connectivity index (χ0) is 9.84. The fraction of sp³-hybridized carbons (Fsp3) is 0.455. The summed E-state index contributed by atoms with van der Waals surface area (Å²) in [6, 6.07) is 4.27. The van der Waals surface area contributed by atoms with Crippen LogP contribution in [0.3, 0.4) is 0 Å². The average molecular weight is 178 g/mol. The van der Waals surface area contributed by atoms with Crippen LogP contribution in [0.25, 0.3) is 5.57 Å². The van der Waals surface area contributed by atoms with E-state index < -0.39 is 0 Å². The van der Waals surface area contributed by atoms with E-state index in [4.69, 9.17) is 0 Å². The van der Waals surface area contributed by atoms with Crippen LogP contribution in [0.4, 0.5) is 0 Å². The van der Waals surface area contributed by atoms with Crippen LogP contribution < -0.4 is 0 Å². The van der Waals surface area contributed by atoms with E-state index in [-0.39, 0.29) is 0 Å². The number of rotatable bonds is 3. The van der Waals surface area contributed by atoms with Gasteiger partial charge in [-0.1, -0.05) is 6.08 Å². The largest absolute Gasteiger partial charge is 0.358 e. The van der Waals surface area contributed by atoms with Gasteiger partial charge in [-0.25, -0.2) is 0 Å². The van der Waals surface area contributed by atoms with Gasteiger partial charge in [-0.2, -0.15) is 0 Å². The van der Waals surface area contributed by atoms with E-state index in [0.29, 0.717) is 0 Å². The second-order valence-electron chi connectivity index (χ2n) is 3.61. The molecule has 2 heteroatoms. The third kappa shape index (κ3) is 2.74. The highest BCUT2D eigenvalue weighted by Crippen LogP contribution is 2.13. The molecule has 1 aromatic heterocycles. The molecule has 1 rings (SSSR count).